The van der Waals surface area contributed by atoms with Crippen LogP contribution in [0.2, 0.25) is 0 Å². The Kier molecular flexibility index (Phi) is 4.57. The van der Waals surface area contributed by atoms with Crippen LogP contribution in [0.5, 0.6) is 0 Å². The highest BCUT2D eigenvalue weighted by molar-refractivity contribution is 7.99. The molecular weight excluding hydrogens is 136 g/mol. The molecule has 0 saturated carbocycles. The highest BCUT2D eigenvalue weighted by Gasteiger charge is 1.93. The summed E-state index contributed by atoms with van der Waals surface area (Å²) < 4.78 is 0.215. The van der Waals surface area contributed by atoms with Gasteiger partial charge < -0.3 is 0 Å². The smallest absolute Gasteiger partial charge is 0.0445 e. The molecule has 0 aromatic rings. The first kappa shape index (κ1) is 8.44. The van der Waals surface area contributed by atoms with Crippen LogP contribution < -0.4 is 0 Å². The topological polar surface area (TPSA) is 0 Å². The van der Waals surface area contributed by atoms with E-state index in [4.69, 9.17) is 0 Å². The van der Waals surface area contributed by atoms with E-state index in [0.717, 1.165) is 12.8 Å². The van der Waals surface area contributed by atoms with Crippen molar-refractivity contribution in [2.45, 2.75) is 24.3 Å². The van der Waals surface area contributed by atoms with E-state index in [1.54, 1.807) is 0 Å². The Balaban J connectivity index is 3.05. The summed E-state index contributed by atoms with van der Waals surface area (Å²) in [4.78, 5) is 0. The van der Waals surface area contributed by atoms with Crippen molar-refractivity contribution < 1.29 is 0 Å². The van der Waals surface area contributed by atoms with Crippen LogP contribution in [-0.4, -0.2) is 4.58 Å². The summed E-state index contributed by atoms with van der Waals surface area (Å²) in [6, 6.07) is 0. The molecule has 0 fully saturated rings. The van der Waals surface area contributed by atoms with Gasteiger partial charge in [0, 0.05) is 4.58 Å². The largest absolute Gasteiger partial charge is 0.165 e. The first-order valence-corrected chi connectivity index (χ1v) is 3.66. The van der Waals surface area contributed by atoms with Crippen LogP contribution >= 0.6 is 25.3 Å². The summed E-state index contributed by atoms with van der Waals surface area (Å²) in [5, 5.41) is 0. The van der Waals surface area contributed by atoms with Gasteiger partial charge in [0.25, 0.3) is 0 Å². The van der Waals surface area contributed by atoms with Gasteiger partial charge in [-0.05, 0) is 19.8 Å². The standard InChI is InChI=1S/C6H12S2/c1-5(2)3-4-6(7)8/h6-8H,1,3-4H2,2H3. The van der Waals surface area contributed by atoms with E-state index < -0.39 is 0 Å². The van der Waals surface area contributed by atoms with Gasteiger partial charge in [-0.1, -0.05) is 5.57 Å². The Bertz CT molecular complexity index is 76.6. The van der Waals surface area contributed by atoms with E-state index in [2.05, 4.69) is 31.8 Å². The lowest BCUT2D eigenvalue weighted by Gasteiger charge is -2.00. The lowest BCUT2D eigenvalue weighted by Crippen LogP contribution is -1.86. The summed E-state index contributed by atoms with van der Waals surface area (Å²) >= 11 is 8.19. The SMILES string of the molecule is C=C(C)CCC(S)S. The molecule has 0 aliphatic carbocycles. The molecule has 0 atom stereocenters. The zero-order chi connectivity index (χ0) is 6.57. The Morgan fingerprint density at radius 3 is 2.25 bits per heavy atom. The van der Waals surface area contributed by atoms with Gasteiger partial charge in [-0.3, -0.25) is 0 Å². The summed E-state index contributed by atoms with van der Waals surface area (Å²) in [5.74, 6) is 0. The van der Waals surface area contributed by atoms with Gasteiger partial charge in [0.05, 0.1) is 0 Å². The van der Waals surface area contributed by atoms with Crippen molar-refractivity contribution >= 4 is 25.3 Å². The minimum absolute atomic E-state index is 0.215. The van der Waals surface area contributed by atoms with Crippen LogP contribution in [0, 0.1) is 0 Å². The molecule has 0 unspecified atom stereocenters. The van der Waals surface area contributed by atoms with Crippen LogP contribution in [0.1, 0.15) is 19.8 Å². The van der Waals surface area contributed by atoms with Gasteiger partial charge in [-0.2, -0.15) is 25.3 Å². The van der Waals surface area contributed by atoms with Gasteiger partial charge in [-0.25, -0.2) is 0 Å². The third-order valence-corrected chi connectivity index (χ3v) is 1.35. The van der Waals surface area contributed by atoms with Crippen LogP contribution in [0.15, 0.2) is 12.2 Å². The van der Waals surface area contributed by atoms with Gasteiger partial charge >= 0.3 is 0 Å². The van der Waals surface area contributed by atoms with Gasteiger partial charge in [-0.15, -0.1) is 6.58 Å². The van der Waals surface area contributed by atoms with Crippen LogP contribution in [0.3, 0.4) is 0 Å². The maximum Gasteiger partial charge on any atom is 0.0445 e. The molecule has 0 spiro atoms. The monoisotopic (exact) mass is 148 g/mol. The first-order valence-electron chi connectivity index (χ1n) is 2.63. The van der Waals surface area contributed by atoms with Crippen LogP contribution in [0.25, 0.3) is 0 Å². The number of thiol groups is 2. The minimum Gasteiger partial charge on any atom is -0.165 e. The number of hydrogen-bond donors (Lipinski definition) is 2. The van der Waals surface area contributed by atoms with Crippen molar-refractivity contribution in [1.29, 1.82) is 0 Å². The lowest BCUT2D eigenvalue weighted by atomic mass is 10.2. The molecule has 0 radical (unpaired) electrons. The molecule has 48 valence electrons. The third-order valence-electron chi connectivity index (χ3n) is 0.829. The van der Waals surface area contributed by atoms with Crippen molar-refractivity contribution in [3.05, 3.63) is 12.2 Å². The van der Waals surface area contributed by atoms with Gasteiger partial charge in [0.15, 0.2) is 0 Å². The van der Waals surface area contributed by atoms with E-state index in [1.165, 1.54) is 5.57 Å². The second-order valence-electron chi connectivity index (χ2n) is 1.98. The molecule has 0 heterocycles. The molecule has 0 aliphatic rings. The van der Waals surface area contributed by atoms with E-state index in [-0.39, 0.29) is 4.58 Å². The number of hydrogen-bond acceptors (Lipinski definition) is 2. The Morgan fingerprint density at radius 1 is 1.62 bits per heavy atom. The zero-order valence-corrected chi connectivity index (χ0v) is 6.88. The van der Waals surface area contributed by atoms with E-state index in [9.17, 15) is 0 Å². The maximum atomic E-state index is 4.10. The molecule has 0 aromatic carbocycles. The normalized spacial score (nSPS) is 10.0. The third kappa shape index (κ3) is 6.44. The Hall–Kier alpha value is 0.440. The van der Waals surface area contributed by atoms with Crippen molar-refractivity contribution in [1.82, 2.24) is 0 Å². The fourth-order valence-corrected chi connectivity index (χ4v) is 0.634. The molecular formula is C6H12S2. The van der Waals surface area contributed by atoms with Crippen molar-refractivity contribution in [3.63, 3.8) is 0 Å². The molecule has 0 bridgehead atoms. The Labute approximate surface area is 62.2 Å². The fourth-order valence-electron chi connectivity index (χ4n) is 0.375. The summed E-state index contributed by atoms with van der Waals surface area (Å²) in [7, 11) is 0. The highest BCUT2D eigenvalue weighted by Crippen LogP contribution is 2.11. The van der Waals surface area contributed by atoms with Gasteiger partial charge in [0.1, 0.15) is 0 Å². The molecule has 0 rings (SSSR count). The predicted octanol–water partition coefficient (Wildman–Crippen LogP) is 2.53. The highest BCUT2D eigenvalue weighted by atomic mass is 32.2. The Morgan fingerprint density at radius 2 is 2.12 bits per heavy atom. The molecule has 0 N–H and O–H groups in total. The van der Waals surface area contributed by atoms with Crippen molar-refractivity contribution in [3.8, 4) is 0 Å². The van der Waals surface area contributed by atoms with Gasteiger partial charge in [0.2, 0.25) is 0 Å². The molecule has 0 amide bonds. The van der Waals surface area contributed by atoms with E-state index in [0.29, 0.717) is 0 Å². The average molecular weight is 148 g/mol. The summed E-state index contributed by atoms with van der Waals surface area (Å²) in [6.07, 6.45) is 2.05. The summed E-state index contributed by atoms with van der Waals surface area (Å²) in [6.45, 7) is 5.78. The molecule has 0 nitrogen and oxygen atoms in total. The molecule has 0 aliphatic heterocycles. The van der Waals surface area contributed by atoms with Crippen LogP contribution in [-0.2, 0) is 0 Å². The second-order valence-corrected chi connectivity index (χ2v) is 3.63. The number of rotatable bonds is 3. The van der Waals surface area contributed by atoms with Crippen LogP contribution in [0.4, 0.5) is 0 Å². The number of allylic oxidation sites excluding steroid dienone is 1. The first-order chi connectivity index (χ1) is 3.63. The molecule has 0 saturated heterocycles. The molecule has 8 heavy (non-hydrogen) atoms. The van der Waals surface area contributed by atoms with E-state index >= 15 is 0 Å². The fraction of sp³-hybridized carbons (Fsp3) is 0.667. The van der Waals surface area contributed by atoms with E-state index in [1.807, 2.05) is 6.92 Å². The minimum atomic E-state index is 0.215. The zero-order valence-electron chi connectivity index (χ0n) is 5.09. The average Bonchev–Trinajstić information content (AvgIpc) is 1.61. The maximum absolute atomic E-state index is 4.10. The second kappa shape index (κ2) is 4.33. The lowest BCUT2D eigenvalue weighted by molar-refractivity contribution is 0.899. The molecule has 0 aromatic heterocycles. The predicted molar refractivity (Wildman–Crippen MR) is 45.8 cm³/mol. The summed E-state index contributed by atoms with van der Waals surface area (Å²) in [5.41, 5.74) is 1.21. The van der Waals surface area contributed by atoms with Crippen molar-refractivity contribution in [2.24, 2.45) is 0 Å². The molecule has 2 heteroatoms. The quantitative estimate of drug-likeness (QED) is 0.343. The van der Waals surface area contributed by atoms with Crippen molar-refractivity contribution in [2.75, 3.05) is 0 Å².